The molecule has 15 unspecified atom stereocenters. The van der Waals surface area contributed by atoms with E-state index in [1.807, 2.05) is 0 Å². The molecule has 4 rings (SSSR count). The molecule has 4 heterocycles. The fraction of sp³-hybridized carbons (Fsp3) is 0.900. The van der Waals surface area contributed by atoms with Crippen LogP contribution < -0.4 is 16.0 Å². The van der Waals surface area contributed by atoms with Gasteiger partial charge in [-0.2, -0.15) is 0 Å². The fourth-order valence-electron chi connectivity index (χ4n) is 8.26. The summed E-state index contributed by atoms with van der Waals surface area (Å²) in [4.78, 5) is 50.4. The zero-order chi connectivity index (χ0) is 44.1. The fourth-order valence-corrected chi connectivity index (χ4v) is 8.26. The minimum Gasteiger partial charge on any atom is -0.394 e. The number of imide groups is 1. The van der Waals surface area contributed by atoms with Gasteiger partial charge in [-0.3, -0.25) is 24.6 Å². The smallest absolute Gasteiger partial charge is 0.326 e. The van der Waals surface area contributed by atoms with E-state index in [2.05, 4.69) is 29.8 Å². The monoisotopic (exact) mass is 862 g/mol. The van der Waals surface area contributed by atoms with E-state index in [0.29, 0.717) is 6.42 Å². The summed E-state index contributed by atoms with van der Waals surface area (Å²) >= 11 is 0. The van der Waals surface area contributed by atoms with Crippen LogP contribution in [0.2, 0.25) is 0 Å². The van der Waals surface area contributed by atoms with Crippen LogP contribution in [-0.2, 0) is 33.3 Å². The Kier molecular flexibility index (Phi) is 20.3. The van der Waals surface area contributed by atoms with Crippen molar-refractivity contribution in [2.75, 3.05) is 13.2 Å². The first-order chi connectivity index (χ1) is 28.5. The first-order valence-electron chi connectivity index (χ1n) is 21.7. The largest absolute Gasteiger partial charge is 0.394 e. The van der Waals surface area contributed by atoms with Gasteiger partial charge in [0.2, 0.25) is 17.7 Å². The third-order valence-electron chi connectivity index (χ3n) is 11.8. The maximum absolute atomic E-state index is 13.3. The number of carbonyl (C=O) groups is 4. The van der Waals surface area contributed by atoms with E-state index in [1.54, 1.807) is 0 Å². The van der Waals surface area contributed by atoms with E-state index in [-0.39, 0.29) is 19.4 Å². The van der Waals surface area contributed by atoms with Gasteiger partial charge in [0.05, 0.1) is 18.8 Å². The average molecular weight is 863 g/mol. The van der Waals surface area contributed by atoms with Crippen molar-refractivity contribution in [2.24, 2.45) is 5.92 Å². The summed E-state index contributed by atoms with van der Waals surface area (Å²) in [6, 6.07) is -3.79. The normalized spacial score (nSPS) is 35.4. The summed E-state index contributed by atoms with van der Waals surface area (Å²) in [5.41, 5.74) is 0. The molecule has 5 amide bonds. The highest BCUT2D eigenvalue weighted by Crippen LogP contribution is 2.33. The Labute approximate surface area is 351 Å². The second kappa shape index (κ2) is 24.3. The highest BCUT2D eigenvalue weighted by atomic mass is 16.8. The molecule has 0 saturated carbocycles. The number of carbonyl (C=O) groups excluding carboxylic acids is 4. The summed E-state index contributed by atoms with van der Waals surface area (Å²) < 4.78 is 23.5. The number of aliphatic hydroxyl groups excluding tert-OH is 8. The lowest BCUT2D eigenvalue weighted by molar-refractivity contribution is -0.347. The number of aliphatic hydroxyl groups is 8. The van der Waals surface area contributed by atoms with Gasteiger partial charge in [0, 0.05) is 32.7 Å². The molecule has 0 spiro atoms. The van der Waals surface area contributed by atoms with Crippen LogP contribution in [0.1, 0.15) is 117 Å². The van der Waals surface area contributed by atoms with Gasteiger partial charge in [0.25, 0.3) is 0 Å². The van der Waals surface area contributed by atoms with Gasteiger partial charge in [-0.25, -0.2) is 4.79 Å². The van der Waals surface area contributed by atoms with Gasteiger partial charge < -0.3 is 70.4 Å². The molecule has 60 heavy (non-hydrogen) atoms. The molecule has 0 aliphatic carbocycles. The number of nitrogens with one attached hydrogen (secondary N) is 3. The maximum Gasteiger partial charge on any atom is 0.326 e. The Bertz CT molecular complexity index is 1360. The molecule has 4 aliphatic rings. The van der Waals surface area contributed by atoms with Gasteiger partial charge in [-0.05, 0) is 12.3 Å². The van der Waals surface area contributed by atoms with Crippen LogP contribution >= 0.6 is 0 Å². The molecule has 20 nitrogen and oxygen atoms in total. The lowest BCUT2D eigenvalue weighted by Gasteiger charge is -2.47. The molecular formula is C40H70N4O16. The minimum atomic E-state index is -1.81. The minimum absolute atomic E-state index is 0.0695. The zero-order valence-corrected chi connectivity index (χ0v) is 35.0. The summed E-state index contributed by atoms with van der Waals surface area (Å²) in [5.74, 6) is -0.936. The Morgan fingerprint density at radius 2 is 1.28 bits per heavy atom. The Morgan fingerprint density at radius 3 is 1.83 bits per heavy atom. The van der Waals surface area contributed by atoms with Crippen LogP contribution in [0.3, 0.4) is 0 Å². The second-order valence-electron chi connectivity index (χ2n) is 17.1. The van der Waals surface area contributed by atoms with E-state index >= 15 is 0 Å². The van der Waals surface area contributed by atoms with Crippen molar-refractivity contribution in [1.82, 2.24) is 20.9 Å². The highest BCUT2D eigenvalue weighted by Gasteiger charge is 2.54. The number of urea groups is 1. The molecule has 346 valence electrons. The molecule has 4 aliphatic heterocycles. The van der Waals surface area contributed by atoms with Crippen LogP contribution in [0, 0.1) is 5.92 Å². The van der Waals surface area contributed by atoms with E-state index in [4.69, 9.17) is 18.9 Å². The molecule has 0 radical (unpaired) electrons. The van der Waals surface area contributed by atoms with Crippen molar-refractivity contribution in [3.63, 3.8) is 0 Å². The maximum atomic E-state index is 13.3. The van der Waals surface area contributed by atoms with Gasteiger partial charge in [0.1, 0.15) is 60.9 Å². The van der Waals surface area contributed by atoms with Crippen LogP contribution in [0.4, 0.5) is 4.79 Å². The van der Waals surface area contributed by atoms with Crippen molar-refractivity contribution < 1.29 is 79.0 Å². The van der Waals surface area contributed by atoms with Crippen molar-refractivity contribution in [3.8, 4) is 0 Å². The lowest BCUT2D eigenvalue weighted by Crippen LogP contribution is -2.69. The quantitative estimate of drug-likeness (QED) is 0.0535. The average Bonchev–Trinajstić information content (AvgIpc) is 3.49. The van der Waals surface area contributed by atoms with Gasteiger partial charge in [-0.15, -0.1) is 0 Å². The van der Waals surface area contributed by atoms with Gasteiger partial charge >= 0.3 is 6.03 Å². The number of hydrogen-bond donors (Lipinski definition) is 11. The molecule has 0 aromatic rings. The van der Waals surface area contributed by atoms with Crippen LogP contribution in [-0.4, -0.2) is 175 Å². The third kappa shape index (κ3) is 14.0. The number of ether oxygens (including phenoxy) is 4. The van der Waals surface area contributed by atoms with Crippen molar-refractivity contribution in [3.05, 3.63) is 0 Å². The number of nitrogens with zero attached hydrogens (tertiary/aromatic N) is 1. The van der Waals surface area contributed by atoms with Gasteiger partial charge in [0.15, 0.2) is 18.8 Å². The Balaban J connectivity index is 1.38. The lowest BCUT2D eigenvalue weighted by atomic mass is 9.91. The van der Waals surface area contributed by atoms with Crippen molar-refractivity contribution >= 4 is 23.8 Å². The number of hydrogen-bond acceptors (Lipinski definition) is 16. The highest BCUT2D eigenvalue weighted by molar-refractivity contribution is 5.96. The van der Waals surface area contributed by atoms with Crippen molar-refractivity contribution in [1.29, 1.82) is 0 Å². The SMILES string of the molecule is CC(=O)NC1C(OC2OC(CC(O)C3OC(N4CCC(=O)NC4=O)C(O)C3O)C(O)C(O)C2NC(=O)CCCCCCCCCCCCCC(C)C)OC(CO)C(O)C1O. The van der Waals surface area contributed by atoms with Crippen LogP contribution in [0.15, 0.2) is 0 Å². The Hall–Kier alpha value is -2.60. The molecule has 4 fully saturated rings. The van der Waals surface area contributed by atoms with E-state index < -0.39 is 129 Å². The Morgan fingerprint density at radius 1 is 0.750 bits per heavy atom. The van der Waals surface area contributed by atoms with Crippen molar-refractivity contribution in [2.45, 2.75) is 209 Å². The molecule has 0 aromatic carbocycles. The standard InChI is InChI=1S/C40H70N4O16/c1-21(2)15-13-11-9-7-5-4-6-8-10-12-14-16-26(48)42-29-33(53)30(50)24(57-39(29)60-38-28(41-22(3)46)32(52)31(51)25(20-45)58-38)19-23(47)36-34(54)35(55)37(59-36)44-18-17-27(49)43-40(44)56/h21,23-25,28-39,45,47,50-55H,4-20H2,1-3H3,(H,41,46)(H,42,48)(H,43,49,56). The van der Waals surface area contributed by atoms with Gasteiger partial charge in [-0.1, -0.05) is 84.5 Å². The first kappa shape index (κ1) is 50.0. The van der Waals surface area contributed by atoms with E-state index in [9.17, 15) is 60.0 Å². The summed E-state index contributed by atoms with van der Waals surface area (Å²) in [6.45, 7) is 4.74. The van der Waals surface area contributed by atoms with E-state index in [0.717, 1.165) is 43.4 Å². The molecule has 4 saturated heterocycles. The summed E-state index contributed by atoms with van der Waals surface area (Å²) in [5, 5.41) is 93.9. The first-order valence-corrected chi connectivity index (χ1v) is 21.7. The number of unbranched alkanes of at least 4 members (excludes halogenated alkanes) is 10. The molecule has 15 atom stereocenters. The molecule has 11 N–H and O–H groups in total. The molecule has 0 aromatic heterocycles. The van der Waals surface area contributed by atoms with Crippen LogP contribution in [0.25, 0.3) is 0 Å². The number of rotatable bonds is 23. The third-order valence-corrected chi connectivity index (χ3v) is 11.8. The molecular weight excluding hydrogens is 792 g/mol. The summed E-state index contributed by atoms with van der Waals surface area (Å²) in [7, 11) is 0. The predicted molar refractivity (Wildman–Crippen MR) is 210 cm³/mol. The van der Waals surface area contributed by atoms with Crippen LogP contribution in [0.5, 0.6) is 0 Å². The zero-order valence-electron chi connectivity index (χ0n) is 35.0. The topological polar surface area (TPSA) is 306 Å². The molecule has 20 heteroatoms. The van der Waals surface area contributed by atoms with E-state index in [1.165, 1.54) is 44.9 Å². The molecule has 0 bridgehead atoms. The second-order valence-corrected chi connectivity index (χ2v) is 17.1. The number of amides is 5. The summed E-state index contributed by atoms with van der Waals surface area (Å²) in [6.07, 6.45) is -8.76. The predicted octanol–water partition coefficient (Wildman–Crippen LogP) is -1.25.